The molecule has 0 saturated heterocycles. The first-order valence-corrected chi connectivity index (χ1v) is 9.25. The fourth-order valence-corrected chi connectivity index (χ4v) is 2.88. The van der Waals surface area contributed by atoms with Crippen molar-refractivity contribution in [2.45, 2.75) is 13.8 Å². The predicted octanol–water partition coefficient (Wildman–Crippen LogP) is 5.31. The lowest BCUT2D eigenvalue weighted by atomic mass is 10.2. The zero-order chi connectivity index (χ0) is 20.3. The molecule has 0 atom stereocenters. The van der Waals surface area contributed by atoms with Crippen molar-refractivity contribution in [3.63, 3.8) is 0 Å². The number of hydrogen-bond acceptors (Lipinski definition) is 6. The molecule has 0 unspecified atom stereocenters. The van der Waals surface area contributed by atoms with Gasteiger partial charge in [-0.25, -0.2) is 4.98 Å². The molecule has 0 bridgehead atoms. The van der Waals surface area contributed by atoms with Crippen LogP contribution in [0.3, 0.4) is 0 Å². The third-order valence-corrected chi connectivity index (χ3v) is 4.64. The van der Waals surface area contributed by atoms with Crippen molar-refractivity contribution in [3.05, 3.63) is 58.7 Å². The largest absolute Gasteiger partial charge is 0.495 e. The summed E-state index contributed by atoms with van der Waals surface area (Å²) < 4.78 is 5.43. The van der Waals surface area contributed by atoms with Crippen LogP contribution in [0, 0.1) is 13.8 Å². The minimum atomic E-state index is 0.518. The molecular weight excluding hydrogens is 374 g/mol. The Bertz CT molecular complexity index is 973. The molecule has 0 spiro atoms. The van der Waals surface area contributed by atoms with E-state index in [2.05, 4.69) is 25.5 Å². The summed E-state index contributed by atoms with van der Waals surface area (Å²) in [5.41, 5.74) is 4.64. The van der Waals surface area contributed by atoms with Crippen LogP contribution in [0.5, 0.6) is 5.75 Å². The molecule has 1 heterocycles. The van der Waals surface area contributed by atoms with Crippen molar-refractivity contribution >= 4 is 40.4 Å². The maximum atomic E-state index is 6.19. The maximum absolute atomic E-state index is 6.19. The monoisotopic (exact) mass is 397 g/mol. The highest BCUT2D eigenvalue weighted by atomic mass is 35.5. The van der Waals surface area contributed by atoms with Crippen molar-refractivity contribution in [3.8, 4) is 5.75 Å². The second-order valence-corrected chi connectivity index (χ2v) is 7.12. The molecule has 0 amide bonds. The average molecular weight is 398 g/mol. The topological polar surface area (TPSA) is 62.3 Å². The molecule has 0 fully saturated rings. The molecule has 0 aliphatic carbocycles. The van der Waals surface area contributed by atoms with Crippen LogP contribution >= 0.6 is 11.6 Å². The van der Waals surface area contributed by atoms with Crippen LogP contribution in [0.25, 0.3) is 0 Å². The molecule has 1 aromatic heterocycles. The van der Waals surface area contributed by atoms with Gasteiger partial charge in [-0.3, -0.25) is 0 Å². The van der Waals surface area contributed by atoms with Crippen molar-refractivity contribution in [1.82, 2.24) is 9.97 Å². The highest BCUT2D eigenvalue weighted by Gasteiger charge is 2.10. The Hall–Kier alpha value is -2.99. The van der Waals surface area contributed by atoms with E-state index in [-0.39, 0.29) is 0 Å². The van der Waals surface area contributed by atoms with E-state index >= 15 is 0 Å². The standard InChI is InChI=1S/C21H24ClN5O/c1-13-10-18(19(28-5)12-17(13)22)25-20-11-14(2)23-21(26-20)24-15-6-8-16(9-7-15)27(3)4/h6-12H,1-5H3,(H2,23,24,25,26). The molecule has 3 aromatic rings. The first-order chi connectivity index (χ1) is 13.4. The van der Waals surface area contributed by atoms with Crippen LogP contribution in [0.2, 0.25) is 5.02 Å². The van der Waals surface area contributed by atoms with E-state index in [0.717, 1.165) is 28.3 Å². The number of nitrogens with one attached hydrogen (secondary N) is 2. The first kappa shape index (κ1) is 19.8. The van der Waals surface area contributed by atoms with Gasteiger partial charge in [0.1, 0.15) is 11.6 Å². The van der Waals surface area contributed by atoms with Crippen molar-refractivity contribution in [1.29, 1.82) is 0 Å². The van der Waals surface area contributed by atoms with Gasteiger partial charge in [0.25, 0.3) is 0 Å². The molecule has 0 saturated carbocycles. The third kappa shape index (κ3) is 4.64. The van der Waals surface area contributed by atoms with E-state index in [0.29, 0.717) is 22.5 Å². The van der Waals surface area contributed by atoms with Crippen LogP contribution in [-0.2, 0) is 0 Å². The van der Waals surface area contributed by atoms with Crippen LogP contribution in [-0.4, -0.2) is 31.2 Å². The van der Waals surface area contributed by atoms with E-state index < -0.39 is 0 Å². The fraction of sp³-hybridized carbons (Fsp3) is 0.238. The fourth-order valence-electron chi connectivity index (χ4n) is 2.73. The average Bonchev–Trinajstić information content (AvgIpc) is 2.64. The predicted molar refractivity (Wildman–Crippen MR) is 117 cm³/mol. The first-order valence-electron chi connectivity index (χ1n) is 8.87. The summed E-state index contributed by atoms with van der Waals surface area (Å²) in [6, 6.07) is 13.7. The van der Waals surface area contributed by atoms with Gasteiger partial charge in [-0.05, 0) is 49.7 Å². The molecule has 7 heteroatoms. The minimum Gasteiger partial charge on any atom is -0.495 e. The van der Waals surface area contributed by atoms with Gasteiger partial charge in [0, 0.05) is 48.3 Å². The number of benzene rings is 2. The van der Waals surface area contributed by atoms with Gasteiger partial charge < -0.3 is 20.3 Å². The molecule has 0 aliphatic rings. The van der Waals surface area contributed by atoms with Crippen LogP contribution in [0.1, 0.15) is 11.3 Å². The van der Waals surface area contributed by atoms with E-state index in [4.69, 9.17) is 16.3 Å². The number of rotatable bonds is 6. The Morgan fingerprint density at radius 3 is 2.32 bits per heavy atom. The van der Waals surface area contributed by atoms with Gasteiger partial charge in [-0.15, -0.1) is 0 Å². The maximum Gasteiger partial charge on any atom is 0.229 e. The number of aryl methyl sites for hydroxylation is 2. The van der Waals surface area contributed by atoms with Crippen molar-refractivity contribution < 1.29 is 4.74 Å². The van der Waals surface area contributed by atoms with Crippen LogP contribution in [0.15, 0.2) is 42.5 Å². The van der Waals surface area contributed by atoms with Gasteiger partial charge in [-0.2, -0.15) is 4.98 Å². The number of aromatic nitrogens is 2. The van der Waals surface area contributed by atoms with Gasteiger partial charge in [-0.1, -0.05) is 11.6 Å². The molecule has 2 aromatic carbocycles. The second kappa shape index (κ2) is 8.35. The summed E-state index contributed by atoms with van der Waals surface area (Å²) in [4.78, 5) is 11.1. The summed E-state index contributed by atoms with van der Waals surface area (Å²) in [6.07, 6.45) is 0. The molecule has 3 rings (SSSR count). The molecule has 146 valence electrons. The van der Waals surface area contributed by atoms with Gasteiger partial charge in [0.05, 0.1) is 12.8 Å². The Labute approximate surface area is 170 Å². The van der Waals surface area contributed by atoms with E-state index in [1.54, 1.807) is 13.2 Å². The molecule has 6 nitrogen and oxygen atoms in total. The number of methoxy groups -OCH3 is 1. The number of nitrogens with zero attached hydrogens (tertiary/aromatic N) is 3. The highest BCUT2D eigenvalue weighted by Crippen LogP contribution is 2.33. The summed E-state index contributed by atoms with van der Waals surface area (Å²) >= 11 is 6.19. The number of hydrogen-bond donors (Lipinski definition) is 2. The smallest absolute Gasteiger partial charge is 0.229 e. The highest BCUT2D eigenvalue weighted by molar-refractivity contribution is 6.31. The summed E-state index contributed by atoms with van der Waals surface area (Å²) in [5.74, 6) is 1.84. The van der Waals surface area contributed by atoms with Gasteiger partial charge in [0.15, 0.2) is 0 Å². The Morgan fingerprint density at radius 1 is 0.964 bits per heavy atom. The molecule has 0 radical (unpaired) electrons. The molecule has 0 aliphatic heterocycles. The van der Waals surface area contributed by atoms with Gasteiger partial charge >= 0.3 is 0 Å². The second-order valence-electron chi connectivity index (χ2n) is 6.71. The normalized spacial score (nSPS) is 10.5. The lowest BCUT2D eigenvalue weighted by Gasteiger charge is -2.15. The zero-order valence-corrected chi connectivity index (χ0v) is 17.4. The number of anilines is 5. The van der Waals surface area contributed by atoms with Crippen LogP contribution in [0.4, 0.5) is 28.8 Å². The zero-order valence-electron chi connectivity index (χ0n) is 16.7. The lowest BCUT2D eigenvalue weighted by molar-refractivity contribution is 0.416. The quantitative estimate of drug-likeness (QED) is 0.587. The SMILES string of the molecule is COc1cc(Cl)c(C)cc1Nc1cc(C)nc(Nc2ccc(N(C)C)cc2)n1. The number of ether oxygens (including phenoxy) is 1. The number of halogens is 1. The van der Waals surface area contributed by atoms with Crippen molar-refractivity contribution in [2.75, 3.05) is 36.7 Å². The Balaban J connectivity index is 1.85. The van der Waals surface area contributed by atoms with Crippen molar-refractivity contribution in [2.24, 2.45) is 0 Å². The third-order valence-electron chi connectivity index (χ3n) is 4.24. The Morgan fingerprint density at radius 2 is 1.68 bits per heavy atom. The molecular formula is C21H24ClN5O. The van der Waals surface area contributed by atoms with Crippen LogP contribution < -0.4 is 20.3 Å². The van der Waals surface area contributed by atoms with E-state index in [9.17, 15) is 0 Å². The summed E-state index contributed by atoms with van der Waals surface area (Å²) in [5, 5.41) is 7.21. The van der Waals surface area contributed by atoms with E-state index in [1.807, 2.05) is 64.3 Å². The molecule has 28 heavy (non-hydrogen) atoms. The lowest BCUT2D eigenvalue weighted by Crippen LogP contribution is -2.08. The Kier molecular flexibility index (Phi) is 5.90. The van der Waals surface area contributed by atoms with E-state index in [1.165, 1.54) is 0 Å². The summed E-state index contributed by atoms with van der Waals surface area (Å²) in [6.45, 7) is 3.88. The summed E-state index contributed by atoms with van der Waals surface area (Å²) in [7, 11) is 5.63. The van der Waals surface area contributed by atoms with Gasteiger partial charge in [0.2, 0.25) is 5.95 Å². The minimum absolute atomic E-state index is 0.518. The molecule has 2 N–H and O–H groups in total.